The van der Waals surface area contributed by atoms with Crippen molar-refractivity contribution >= 4 is 28.6 Å². The van der Waals surface area contributed by atoms with Gasteiger partial charge in [0.25, 0.3) is 0 Å². The first-order chi connectivity index (χ1) is 9.24. The van der Waals surface area contributed by atoms with Crippen molar-refractivity contribution in [2.45, 2.75) is 0 Å². The average molecular weight is 287 g/mol. The molecule has 0 fully saturated rings. The van der Waals surface area contributed by atoms with E-state index in [2.05, 4.69) is 11.1 Å². The van der Waals surface area contributed by atoms with Crippen LogP contribution in [0.5, 0.6) is 0 Å². The number of thiazole rings is 1. The van der Waals surface area contributed by atoms with E-state index >= 15 is 0 Å². The Balaban J connectivity index is 2.10. The van der Waals surface area contributed by atoms with Crippen molar-refractivity contribution in [2.75, 3.05) is 5.73 Å². The lowest BCUT2D eigenvalue weighted by molar-refractivity contribution is 1.41. The minimum Gasteiger partial charge on any atom is -0.399 e. The molecule has 0 aliphatic carbocycles. The van der Waals surface area contributed by atoms with E-state index in [0.717, 1.165) is 32.4 Å². The van der Waals surface area contributed by atoms with Crippen LogP contribution in [-0.4, -0.2) is 4.98 Å². The fraction of sp³-hybridized carbons (Fsp3) is 0. The molecule has 0 spiro atoms. The highest BCUT2D eigenvalue weighted by atomic mass is 35.5. The highest BCUT2D eigenvalue weighted by Crippen LogP contribution is 2.33. The second-order valence-electron chi connectivity index (χ2n) is 4.15. The fourth-order valence-corrected chi connectivity index (χ4v) is 2.77. The first-order valence-electron chi connectivity index (χ1n) is 5.79. The molecule has 0 saturated carbocycles. The summed E-state index contributed by atoms with van der Waals surface area (Å²) in [4.78, 5) is 4.32. The largest absolute Gasteiger partial charge is 0.399 e. The first-order valence-corrected chi connectivity index (χ1v) is 7.05. The smallest absolute Gasteiger partial charge is 0.123 e. The van der Waals surface area contributed by atoms with Gasteiger partial charge in [0.05, 0.1) is 0 Å². The first kappa shape index (κ1) is 12.2. The summed E-state index contributed by atoms with van der Waals surface area (Å²) in [7, 11) is 0. The Labute approximate surface area is 120 Å². The molecule has 19 heavy (non-hydrogen) atoms. The van der Waals surface area contributed by atoms with Crippen molar-refractivity contribution < 1.29 is 0 Å². The molecule has 0 saturated heterocycles. The monoisotopic (exact) mass is 286 g/mol. The summed E-state index contributed by atoms with van der Waals surface area (Å²) < 4.78 is 0. The van der Waals surface area contributed by atoms with Crippen LogP contribution >= 0.6 is 22.9 Å². The Morgan fingerprint density at radius 2 is 1.74 bits per heavy atom. The van der Waals surface area contributed by atoms with E-state index in [4.69, 9.17) is 17.3 Å². The summed E-state index contributed by atoms with van der Waals surface area (Å²) in [5.74, 6) is 0. The van der Waals surface area contributed by atoms with E-state index in [1.165, 1.54) is 0 Å². The van der Waals surface area contributed by atoms with Gasteiger partial charge in [-0.3, -0.25) is 0 Å². The number of benzene rings is 2. The van der Waals surface area contributed by atoms with Gasteiger partial charge in [-0.1, -0.05) is 29.8 Å². The van der Waals surface area contributed by atoms with Crippen molar-refractivity contribution in [2.24, 2.45) is 0 Å². The van der Waals surface area contributed by atoms with Gasteiger partial charge in [-0.05, 0) is 29.8 Å². The van der Waals surface area contributed by atoms with Crippen LogP contribution in [0.4, 0.5) is 5.69 Å². The molecular formula is C15H11ClN2S. The summed E-state index contributed by atoms with van der Waals surface area (Å²) in [6, 6.07) is 13.7. The van der Waals surface area contributed by atoms with Gasteiger partial charge in [-0.2, -0.15) is 0 Å². The van der Waals surface area contributed by atoms with Crippen molar-refractivity contribution in [3.05, 3.63) is 59.1 Å². The highest BCUT2D eigenvalue weighted by molar-refractivity contribution is 7.13. The predicted molar refractivity (Wildman–Crippen MR) is 82.4 cm³/mol. The molecule has 94 valence electrons. The quantitative estimate of drug-likeness (QED) is 0.693. The summed E-state index contributed by atoms with van der Waals surface area (Å²) >= 11 is 7.90. The third-order valence-electron chi connectivity index (χ3n) is 2.87. The number of nitrogen functional groups attached to an aromatic ring is 1. The van der Waals surface area contributed by atoms with Crippen LogP contribution in [0.1, 0.15) is 0 Å². The lowest BCUT2D eigenvalue weighted by Crippen LogP contribution is -1.86. The number of halogens is 1. The molecule has 2 nitrogen and oxygen atoms in total. The van der Waals surface area contributed by atoms with Gasteiger partial charge in [0.2, 0.25) is 0 Å². The number of nitrogens with two attached hydrogens (primary N) is 1. The predicted octanol–water partition coefficient (Wildman–Crippen LogP) is 4.71. The normalized spacial score (nSPS) is 10.6. The van der Waals surface area contributed by atoms with Crippen molar-refractivity contribution in [1.82, 2.24) is 4.98 Å². The number of anilines is 1. The number of hydrogen-bond acceptors (Lipinski definition) is 3. The zero-order valence-electron chi connectivity index (χ0n) is 10.0. The molecule has 2 N–H and O–H groups in total. The van der Waals surface area contributed by atoms with Gasteiger partial charge in [-0.15, -0.1) is 11.3 Å². The molecule has 0 atom stereocenters. The second-order valence-corrected chi connectivity index (χ2v) is 5.46. The molecule has 0 unspecified atom stereocenters. The summed E-state index contributed by atoms with van der Waals surface area (Å²) in [6.07, 6.45) is 1.80. The summed E-state index contributed by atoms with van der Waals surface area (Å²) in [5, 5.41) is 3.69. The van der Waals surface area contributed by atoms with Gasteiger partial charge in [0.15, 0.2) is 0 Å². The third kappa shape index (κ3) is 2.48. The maximum atomic E-state index is 6.28. The lowest BCUT2D eigenvalue weighted by Gasteiger charge is -2.07. The molecule has 0 amide bonds. The minimum absolute atomic E-state index is 0.727. The Morgan fingerprint density at radius 3 is 2.42 bits per heavy atom. The molecular weight excluding hydrogens is 276 g/mol. The Morgan fingerprint density at radius 1 is 1.00 bits per heavy atom. The standard InChI is InChI=1S/C15H11ClN2S/c16-14-6-3-11(15-18-7-8-19-15)9-13(14)10-1-4-12(17)5-2-10/h1-9H,17H2. The maximum absolute atomic E-state index is 6.28. The van der Waals surface area contributed by atoms with E-state index in [9.17, 15) is 0 Å². The molecule has 0 radical (unpaired) electrons. The van der Waals surface area contributed by atoms with Crippen LogP contribution in [0.3, 0.4) is 0 Å². The SMILES string of the molecule is Nc1ccc(-c2cc(-c3nccs3)ccc2Cl)cc1. The molecule has 2 aromatic carbocycles. The van der Waals surface area contributed by atoms with Crippen LogP contribution in [0.15, 0.2) is 54.0 Å². The molecule has 0 bridgehead atoms. The summed E-state index contributed by atoms with van der Waals surface area (Å²) in [6.45, 7) is 0. The minimum atomic E-state index is 0.727. The Bertz CT molecular complexity index is 691. The zero-order chi connectivity index (χ0) is 13.2. The zero-order valence-corrected chi connectivity index (χ0v) is 11.6. The summed E-state index contributed by atoms with van der Waals surface area (Å²) in [5.41, 5.74) is 9.58. The van der Waals surface area contributed by atoms with Crippen molar-refractivity contribution in [3.63, 3.8) is 0 Å². The van der Waals surface area contributed by atoms with E-state index in [0.29, 0.717) is 0 Å². The molecule has 3 rings (SSSR count). The Hall–Kier alpha value is -1.84. The fourth-order valence-electron chi connectivity index (χ4n) is 1.91. The van der Waals surface area contributed by atoms with E-state index in [-0.39, 0.29) is 0 Å². The molecule has 4 heteroatoms. The Kier molecular flexibility index (Phi) is 3.23. The number of aromatic nitrogens is 1. The van der Waals surface area contributed by atoms with Crippen LogP contribution in [0, 0.1) is 0 Å². The molecule has 0 aliphatic rings. The van der Waals surface area contributed by atoms with E-state index in [1.807, 2.05) is 41.8 Å². The average Bonchev–Trinajstić information content (AvgIpc) is 2.94. The van der Waals surface area contributed by atoms with Crippen LogP contribution < -0.4 is 5.73 Å². The van der Waals surface area contributed by atoms with Crippen LogP contribution in [0.2, 0.25) is 5.02 Å². The number of hydrogen-bond donors (Lipinski definition) is 1. The van der Waals surface area contributed by atoms with E-state index < -0.39 is 0 Å². The molecule has 1 aromatic heterocycles. The lowest BCUT2D eigenvalue weighted by atomic mass is 10.0. The maximum Gasteiger partial charge on any atom is 0.123 e. The van der Waals surface area contributed by atoms with Gasteiger partial charge in [0, 0.05) is 33.4 Å². The van der Waals surface area contributed by atoms with Gasteiger partial charge in [-0.25, -0.2) is 4.98 Å². The van der Waals surface area contributed by atoms with Crippen molar-refractivity contribution in [1.29, 1.82) is 0 Å². The second kappa shape index (κ2) is 5.03. The van der Waals surface area contributed by atoms with Gasteiger partial charge in [0.1, 0.15) is 5.01 Å². The number of rotatable bonds is 2. The molecule has 0 aliphatic heterocycles. The third-order valence-corrected chi connectivity index (χ3v) is 4.02. The van der Waals surface area contributed by atoms with Crippen LogP contribution in [0.25, 0.3) is 21.7 Å². The molecule has 1 heterocycles. The molecule has 3 aromatic rings. The topological polar surface area (TPSA) is 38.9 Å². The van der Waals surface area contributed by atoms with E-state index in [1.54, 1.807) is 17.5 Å². The van der Waals surface area contributed by atoms with Crippen LogP contribution in [-0.2, 0) is 0 Å². The van der Waals surface area contributed by atoms with Crippen molar-refractivity contribution in [3.8, 4) is 21.7 Å². The van der Waals surface area contributed by atoms with Gasteiger partial charge < -0.3 is 5.73 Å². The van der Waals surface area contributed by atoms with Gasteiger partial charge >= 0.3 is 0 Å². The highest BCUT2D eigenvalue weighted by Gasteiger charge is 2.07. The number of nitrogens with zero attached hydrogens (tertiary/aromatic N) is 1.